The third-order valence-electron chi connectivity index (χ3n) is 6.74. The lowest BCUT2D eigenvalue weighted by molar-refractivity contribution is -0.106. The highest BCUT2D eigenvalue weighted by Gasteiger charge is 2.43. The first-order chi connectivity index (χ1) is 19.9. The quantitative estimate of drug-likeness (QED) is 0.121. The average molecular weight is 611 g/mol. The molecule has 228 valence electrons. The van der Waals surface area contributed by atoms with Gasteiger partial charge in [-0.15, -0.1) is 0 Å². The van der Waals surface area contributed by atoms with Crippen molar-refractivity contribution in [3.63, 3.8) is 0 Å². The maximum atomic E-state index is 15.0. The normalized spacial score (nSPS) is 14.5. The molecule has 2 aromatic rings. The van der Waals surface area contributed by atoms with Crippen molar-refractivity contribution in [3.05, 3.63) is 83.6 Å². The number of alkyl halides is 3. The zero-order valence-electron chi connectivity index (χ0n) is 23.9. The van der Waals surface area contributed by atoms with E-state index in [0.29, 0.717) is 39.9 Å². The summed E-state index contributed by atoms with van der Waals surface area (Å²) in [5, 5.41) is -0.137. The van der Waals surface area contributed by atoms with Gasteiger partial charge in [0.25, 0.3) is 0 Å². The number of urea groups is 1. The highest BCUT2D eigenvalue weighted by atomic mass is 35.5. The average Bonchev–Trinajstić information content (AvgIpc) is 2.93. The number of rotatable bonds is 14. The maximum Gasteiger partial charge on any atom is 0.431 e. The number of halogens is 5. The molecule has 0 aliphatic carbocycles. The molecule has 2 amide bonds. The van der Waals surface area contributed by atoms with Crippen molar-refractivity contribution in [1.82, 2.24) is 4.90 Å². The molecule has 1 heterocycles. The predicted octanol–water partition coefficient (Wildman–Crippen LogP) is 9.62. The van der Waals surface area contributed by atoms with Crippen LogP contribution in [0.25, 0.3) is 0 Å². The van der Waals surface area contributed by atoms with Gasteiger partial charge in [-0.3, -0.25) is 9.80 Å². The Morgan fingerprint density at radius 2 is 1.79 bits per heavy atom. The molecule has 0 radical (unpaired) electrons. The van der Waals surface area contributed by atoms with Crippen LogP contribution in [0.2, 0.25) is 5.02 Å². The van der Waals surface area contributed by atoms with Gasteiger partial charge < -0.3 is 14.2 Å². The molecular formula is C31H35ClF4N2O4. The first kappa shape index (κ1) is 32.8. The molecule has 3 rings (SSSR count). The van der Waals surface area contributed by atoms with Gasteiger partial charge in [0.15, 0.2) is 11.5 Å². The van der Waals surface area contributed by atoms with Gasteiger partial charge in [0.1, 0.15) is 29.6 Å². The van der Waals surface area contributed by atoms with Gasteiger partial charge in [-0.1, -0.05) is 76.4 Å². The SMILES string of the molecule is C=C(COc1ccccc1Oc1cc(N2C(=C)C=C(C(F)(F)F)N(C)C2=O)c(F)cc1Cl)OCC(CC)CCCCC. The van der Waals surface area contributed by atoms with E-state index in [1.165, 1.54) is 6.42 Å². The van der Waals surface area contributed by atoms with E-state index in [1.807, 2.05) is 0 Å². The molecule has 2 aromatic carbocycles. The largest absolute Gasteiger partial charge is 0.495 e. The Morgan fingerprint density at radius 3 is 2.43 bits per heavy atom. The zero-order chi connectivity index (χ0) is 31.0. The van der Waals surface area contributed by atoms with Crippen LogP contribution >= 0.6 is 11.6 Å². The summed E-state index contributed by atoms with van der Waals surface area (Å²) in [6.45, 7) is 12.4. The summed E-state index contributed by atoms with van der Waals surface area (Å²) in [5.74, 6) is 0.379. The molecule has 0 saturated carbocycles. The maximum absolute atomic E-state index is 15.0. The molecular weight excluding hydrogens is 576 g/mol. The van der Waals surface area contributed by atoms with Crippen LogP contribution in [-0.2, 0) is 4.74 Å². The Kier molecular flexibility index (Phi) is 11.3. The second-order valence-corrected chi connectivity index (χ2v) is 10.3. The van der Waals surface area contributed by atoms with Crippen LogP contribution in [0.4, 0.5) is 28.0 Å². The molecule has 0 bridgehead atoms. The van der Waals surface area contributed by atoms with Gasteiger partial charge in [0.05, 0.1) is 17.3 Å². The van der Waals surface area contributed by atoms with Crippen LogP contribution in [-0.4, -0.2) is 37.4 Å². The lowest BCUT2D eigenvalue weighted by atomic mass is 10.00. The minimum absolute atomic E-state index is 0.0521. The van der Waals surface area contributed by atoms with E-state index in [0.717, 1.165) is 44.9 Å². The fourth-order valence-electron chi connectivity index (χ4n) is 4.29. The van der Waals surface area contributed by atoms with Crippen molar-refractivity contribution in [2.75, 3.05) is 25.2 Å². The number of hydrogen-bond donors (Lipinski definition) is 0. The zero-order valence-corrected chi connectivity index (χ0v) is 24.7. The van der Waals surface area contributed by atoms with E-state index in [-0.39, 0.29) is 28.8 Å². The molecule has 0 N–H and O–H groups in total. The van der Waals surface area contributed by atoms with Gasteiger partial charge in [-0.05, 0) is 36.6 Å². The van der Waals surface area contributed by atoms with Crippen molar-refractivity contribution in [1.29, 1.82) is 0 Å². The summed E-state index contributed by atoms with van der Waals surface area (Å²) in [7, 11) is 0.937. The highest BCUT2D eigenvalue weighted by Crippen LogP contribution is 2.41. The summed E-state index contributed by atoms with van der Waals surface area (Å²) in [6, 6.07) is 7.51. The summed E-state index contributed by atoms with van der Waals surface area (Å²) in [6.07, 6.45) is 1.44. The number of hydrogen-bond acceptors (Lipinski definition) is 4. The standard InChI is InChI=1S/C31H35ClF4N2O4/c1-6-8-9-12-22(7-2)19-40-21(4)18-41-26-13-10-11-14-27(26)42-28-17-25(24(33)16-23(28)32)38-20(3)15-29(31(34,35)36)37(5)30(38)39/h10-11,13-17,22H,3-4,6-9,12,18-19H2,1-2,5H3. The number of carbonyl (C=O) groups excluding carboxylic acids is 1. The lowest BCUT2D eigenvalue weighted by Gasteiger charge is -2.35. The molecule has 1 aliphatic rings. The topological polar surface area (TPSA) is 51.2 Å². The summed E-state index contributed by atoms with van der Waals surface area (Å²) in [5.41, 5.74) is -1.99. The lowest BCUT2D eigenvalue weighted by Crippen LogP contribution is -2.46. The minimum Gasteiger partial charge on any atom is -0.495 e. The van der Waals surface area contributed by atoms with Crippen LogP contribution in [0.15, 0.2) is 72.8 Å². The smallest absolute Gasteiger partial charge is 0.431 e. The van der Waals surface area contributed by atoms with Gasteiger partial charge in [0, 0.05) is 18.8 Å². The fourth-order valence-corrected chi connectivity index (χ4v) is 4.48. The number of carbonyl (C=O) groups is 1. The van der Waals surface area contributed by atoms with Crippen LogP contribution in [0.3, 0.4) is 0 Å². The first-order valence-corrected chi connectivity index (χ1v) is 14.0. The van der Waals surface area contributed by atoms with E-state index < -0.39 is 29.4 Å². The van der Waals surface area contributed by atoms with Crippen molar-refractivity contribution in [2.45, 2.75) is 52.1 Å². The van der Waals surface area contributed by atoms with E-state index >= 15 is 4.39 Å². The minimum atomic E-state index is -4.81. The number of nitrogens with zero attached hydrogens (tertiary/aromatic N) is 2. The number of benzene rings is 2. The van der Waals surface area contributed by atoms with Crippen LogP contribution < -0.4 is 14.4 Å². The summed E-state index contributed by atoms with van der Waals surface area (Å²) >= 11 is 6.25. The molecule has 0 spiro atoms. The van der Waals surface area contributed by atoms with Gasteiger partial charge in [0.2, 0.25) is 0 Å². The molecule has 1 aliphatic heterocycles. The number of para-hydroxylation sites is 2. The predicted molar refractivity (Wildman–Crippen MR) is 155 cm³/mol. The third-order valence-corrected chi connectivity index (χ3v) is 7.03. The Labute approximate surface area is 248 Å². The van der Waals surface area contributed by atoms with Crippen LogP contribution in [0.5, 0.6) is 17.2 Å². The molecule has 11 heteroatoms. The van der Waals surface area contributed by atoms with Crippen molar-refractivity contribution < 1.29 is 36.6 Å². The Hall–Kier alpha value is -3.66. The molecule has 0 aromatic heterocycles. The van der Waals surface area contributed by atoms with Crippen molar-refractivity contribution >= 4 is 23.3 Å². The number of anilines is 1. The van der Waals surface area contributed by atoms with E-state index in [1.54, 1.807) is 24.3 Å². The van der Waals surface area contributed by atoms with Crippen molar-refractivity contribution in [3.8, 4) is 17.2 Å². The number of allylic oxidation sites excluding steroid dienone is 2. The number of amides is 2. The van der Waals surface area contributed by atoms with Gasteiger partial charge >= 0.3 is 12.2 Å². The Bertz CT molecular complexity index is 1330. The molecule has 0 saturated heterocycles. The van der Waals surface area contributed by atoms with Gasteiger partial charge in [-0.2, -0.15) is 13.2 Å². The molecule has 6 nitrogen and oxygen atoms in total. The number of ether oxygens (including phenoxy) is 3. The van der Waals surface area contributed by atoms with E-state index in [9.17, 15) is 18.0 Å². The molecule has 0 fully saturated rings. The monoisotopic (exact) mass is 610 g/mol. The van der Waals surface area contributed by atoms with E-state index in [4.69, 9.17) is 25.8 Å². The fraction of sp³-hybridized carbons (Fsp3) is 0.387. The van der Waals surface area contributed by atoms with Gasteiger partial charge in [-0.25, -0.2) is 9.18 Å². The Morgan fingerprint density at radius 1 is 1.10 bits per heavy atom. The molecule has 42 heavy (non-hydrogen) atoms. The summed E-state index contributed by atoms with van der Waals surface area (Å²) in [4.78, 5) is 13.9. The molecule has 1 unspecified atom stereocenters. The second-order valence-electron chi connectivity index (χ2n) is 9.89. The third kappa shape index (κ3) is 8.21. The first-order valence-electron chi connectivity index (χ1n) is 13.6. The van der Waals surface area contributed by atoms with E-state index in [2.05, 4.69) is 27.0 Å². The number of unbranched alkanes of at least 4 members (excludes halogenated alkanes) is 2. The van der Waals surface area contributed by atoms with Crippen LogP contribution in [0.1, 0.15) is 46.0 Å². The molecule has 1 atom stereocenters. The Balaban J connectivity index is 1.76. The van der Waals surface area contributed by atoms with Crippen LogP contribution in [0, 0.1) is 11.7 Å². The van der Waals surface area contributed by atoms with Crippen molar-refractivity contribution in [2.24, 2.45) is 5.92 Å². The second kappa shape index (κ2) is 14.5. The summed E-state index contributed by atoms with van der Waals surface area (Å²) < 4.78 is 72.7. The highest BCUT2D eigenvalue weighted by molar-refractivity contribution is 6.32.